The summed E-state index contributed by atoms with van der Waals surface area (Å²) in [6, 6.07) is 11.0. The molecule has 7 nitrogen and oxygen atoms in total. The number of hydrogen-bond acceptors (Lipinski definition) is 5. The fraction of sp³-hybridized carbons (Fsp3) is 0.381. The van der Waals surface area contributed by atoms with Gasteiger partial charge in [0.05, 0.1) is 4.90 Å². The van der Waals surface area contributed by atoms with Crippen molar-refractivity contribution >= 4 is 33.2 Å². The number of carbonyl (C=O) groups is 1. The molecule has 9 heteroatoms. The van der Waals surface area contributed by atoms with Gasteiger partial charge in [-0.1, -0.05) is 18.5 Å². The van der Waals surface area contributed by atoms with E-state index in [4.69, 9.17) is 21.1 Å². The summed E-state index contributed by atoms with van der Waals surface area (Å²) in [6.45, 7) is 3.32. The molecular formula is C21H25ClN2O5S. The number of nitrogens with zero attached hydrogens (tertiary/aromatic N) is 1. The van der Waals surface area contributed by atoms with E-state index >= 15 is 0 Å². The number of hydrogen-bond donors (Lipinski definition) is 1. The molecule has 0 spiro atoms. The summed E-state index contributed by atoms with van der Waals surface area (Å²) >= 11 is 5.84. The molecule has 30 heavy (non-hydrogen) atoms. The smallest absolute Gasteiger partial charge is 0.263 e. The molecule has 1 amide bonds. The lowest BCUT2D eigenvalue weighted by Crippen LogP contribution is -2.40. The van der Waals surface area contributed by atoms with Crippen LogP contribution in [0.1, 0.15) is 25.3 Å². The predicted octanol–water partition coefficient (Wildman–Crippen LogP) is 3.68. The summed E-state index contributed by atoms with van der Waals surface area (Å²) < 4.78 is 38.9. The second-order valence-electron chi connectivity index (χ2n) is 7.00. The number of halogens is 1. The molecule has 162 valence electrons. The van der Waals surface area contributed by atoms with Crippen molar-refractivity contribution in [2.45, 2.75) is 37.3 Å². The molecule has 1 heterocycles. The quantitative estimate of drug-likeness (QED) is 0.617. The summed E-state index contributed by atoms with van der Waals surface area (Å²) in [5, 5.41) is 0.458. The summed E-state index contributed by atoms with van der Waals surface area (Å²) in [5.41, 5.74) is 1.14. The van der Waals surface area contributed by atoms with Crippen molar-refractivity contribution in [2.75, 3.05) is 25.0 Å². The van der Waals surface area contributed by atoms with Crippen LogP contribution >= 0.6 is 11.6 Å². The van der Waals surface area contributed by atoms with Crippen LogP contribution in [0.4, 0.5) is 5.69 Å². The van der Waals surface area contributed by atoms with E-state index in [9.17, 15) is 13.2 Å². The highest BCUT2D eigenvalue weighted by atomic mass is 35.5. The summed E-state index contributed by atoms with van der Waals surface area (Å²) in [5.74, 6) is 0.506. The zero-order valence-electron chi connectivity index (χ0n) is 16.9. The summed E-state index contributed by atoms with van der Waals surface area (Å²) in [4.78, 5) is 14.6. The zero-order valence-corrected chi connectivity index (χ0v) is 18.5. The average Bonchev–Trinajstić information content (AvgIpc) is 2.84. The van der Waals surface area contributed by atoms with Gasteiger partial charge in [0.1, 0.15) is 5.75 Å². The zero-order chi connectivity index (χ0) is 21.7. The van der Waals surface area contributed by atoms with Gasteiger partial charge in [-0.25, -0.2) is 8.42 Å². The lowest BCUT2D eigenvalue weighted by molar-refractivity contribution is -0.138. The Hall–Kier alpha value is -2.29. The van der Waals surface area contributed by atoms with Crippen LogP contribution in [0.25, 0.3) is 0 Å². The van der Waals surface area contributed by atoms with Crippen molar-refractivity contribution in [3.05, 3.63) is 53.1 Å². The summed E-state index contributed by atoms with van der Waals surface area (Å²) in [6.07, 6.45) is 0.686. The van der Waals surface area contributed by atoms with Crippen molar-refractivity contribution in [3.8, 4) is 5.75 Å². The first-order chi connectivity index (χ1) is 14.3. The Kier molecular flexibility index (Phi) is 7.23. The third kappa shape index (κ3) is 5.24. The molecule has 0 aromatic heterocycles. The number of methoxy groups -OCH3 is 1. The van der Waals surface area contributed by atoms with Crippen LogP contribution in [0, 0.1) is 0 Å². The number of ether oxygens (including phenoxy) is 2. The normalized spacial score (nSPS) is 16.6. The lowest BCUT2D eigenvalue weighted by atomic mass is 10.1. The molecule has 1 atom stereocenters. The Morgan fingerprint density at radius 3 is 2.63 bits per heavy atom. The number of benzene rings is 2. The van der Waals surface area contributed by atoms with Gasteiger partial charge in [-0.2, -0.15) is 0 Å². The van der Waals surface area contributed by atoms with E-state index in [1.165, 1.54) is 24.3 Å². The first-order valence-corrected chi connectivity index (χ1v) is 11.6. The Balaban J connectivity index is 1.85. The van der Waals surface area contributed by atoms with Crippen molar-refractivity contribution in [3.63, 3.8) is 0 Å². The van der Waals surface area contributed by atoms with Gasteiger partial charge >= 0.3 is 0 Å². The maximum Gasteiger partial charge on any atom is 0.263 e. The number of rotatable bonds is 8. The Bertz CT molecular complexity index is 995. The Morgan fingerprint density at radius 1 is 1.23 bits per heavy atom. The van der Waals surface area contributed by atoms with Gasteiger partial charge in [-0.3, -0.25) is 9.52 Å². The van der Waals surface area contributed by atoms with Crippen LogP contribution in [0.3, 0.4) is 0 Å². The molecule has 0 bridgehead atoms. The van der Waals surface area contributed by atoms with Crippen molar-refractivity contribution in [2.24, 2.45) is 0 Å². The molecule has 0 fully saturated rings. The van der Waals surface area contributed by atoms with Gasteiger partial charge in [0.25, 0.3) is 15.9 Å². The second-order valence-corrected chi connectivity index (χ2v) is 9.12. The average molecular weight is 453 g/mol. The van der Waals surface area contributed by atoms with E-state index in [0.717, 1.165) is 5.56 Å². The Labute approximate surface area is 182 Å². The van der Waals surface area contributed by atoms with Gasteiger partial charge in [0, 0.05) is 43.1 Å². The maximum absolute atomic E-state index is 12.8. The highest BCUT2D eigenvalue weighted by Gasteiger charge is 2.30. The number of fused-ring (bicyclic) bond motifs is 1. The second kappa shape index (κ2) is 9.68. The number of anilines is 1. The molecule has 3 rings (SSSR count). The molecule has 1 aliphatic rings. The van der Waals surface area contributed by atoms with E-state index in [1.807, 2.05) is 6.92 Å². The van der Waals surface area contributed by atoms with Crippen molar-refractivity contribution in [1.29, 1.82) is 0 Å². The van der Waals surface area contributed by atoms with Crippen molar-refractivity contribution in [1.82, 2.24) is 4.90 Å². The van der Waals surface area contributed by atoms with Crippen LogP contribution in [-0.2, 0) is 26.1 Å². The first kappa shape index (κ1) is 22.4. The third-order valence-corrected chi connectivity index (χ3v) is 6.45. The minimum atomic E-state index is -3.77. The fourth-order valence-corrected chi connectivity index (χ4v) is 4.42. The Morgan fingerprint density at radius 2 is 1.97 bits per heavy atom. The molecule has 2 aromatic rings. The summed E-state index contributed by atoms with van der Waals surface area (Å²) in [7, 11) is -2.15. The van der Waals surface area contributed by atoms with Crippen LogP contribution in [0.15, 0.2) is 47.4 Å². The minimum absolute atomic E-state index is 0.0758. The van der Waals surface area contributed by atoms with Gasteiger partial charge in [0.2, 0.25) is 0 Å². The highest BCUT2D eigenvalue weighted by molar-refractivity contribution is 7.92. The SMILES string of the molecule is CCC1Oc2ccc(NS(=O)(=O)c3ccc(Cl)cc3)cc2CN(CCCOC)C1=O. The maximum atomic E-state index is 12.8. The van der Waals surface area contributed by atoms with Crippen LogP contribution in [0.5, 0.6) is 5.75 Å². The molecule has 0 radical (unpaired) electrons. The molecule has 2 aromatic carbocycles. The highest BCUT2D eigenvalue weighted by Crippen LogP contribution is 2.30. The number of sulfonamides is 1. The molecule has 1 N–H and O–H groups in total. The monoisotopic (exact) mass is 452 g/mol. The van der Waals surface area contributed by atoms with E-state index in [2.05, 4.69) is 4.72 Å². The standard InChI is InChI=1S/C21H25ClN2O5S/c1-3-19-21(25)24(11-4-12-28-2)14-15-13-17(7-10-20(15)29-19)23-30(26,27)18-8-5-16(22)6-9-18/h5-10,13,19,23H,3-4,11-12,14H2,1-2H3. The molecule has 0 saturated carbocycles. The number of amides is 1. The molecule has 0 saturated heterocycles. The van der Waals surface area contributed by atoms with E-state index in [-0.39, 0.29) is 10.8 Å². The van der Waals surface area contributed by atoms with Gasteiger partial charge in [-0.15, -0.1) is 0 Å². The fourth-order valence-electron chi connectivity index (χ4n) is 3.25. The van der Waals surface area contributed by atoms with Gasteiger partial charge in [-0.05, 0) is 55.3 Å². The van der Waals surface area contributed by atoms with Crippen LogP contribution in [0.2, 0.25) is 5.02 Å². The molecule has 0 aliphatic carbocycles. The largest absolute Gasteiger partial charge is 0.480 e. The predicted molar refractivity (Wildman–Crippen MR) is 115 cm³/mol. The first-order valence-electron chi connectivity index (χ1n) is 9.69. The minimum Gasteiger partial charge on any atom is -0.480 e. The van der Waals surface area contributed by atoms with Crippen LogP contribution < -0.4 is 9.46 Å². The van der Waals surface area contributed by atoms with E-state index < -0.39 is 16.1 Å². The van der Waals surface area contributed by atoms with Gasteiger partial charge < -0.3 is 14.4 Å². The van der Waals surface area contributed by atoms with E-state index in [1.54, 1.807) is 30.2 Å². The number of nitrogens with one attached hydrogen (secondary N) is 1. The molecule has 1 aliphatic heterocycles. The van der Waals surface area contributed by atoms with Crippen LogP contribution in [-0.4, -0.2) is 45.6 Å². The van der Waals surface area contributed by atoms with Crippen molar-refractivity contribution < 1.29 is 22.7 Å². The van der Waals surface area contributed by atoms with Gasteiger partial charge in [0.15, 0.2) is 6.10 Å². The third-order valence-electron chi connectivity index (χ3n) is 4.80. The molecular weight excluding hydrogens is 428 g/mol. The topological polar surface area (TPSA) is 84.9 Å². The number of carbonyl (C=O) groups excluding carboxylic acids is 1. The molecule has 1 unspecified atom stereocenters. The van der Waals surface area contributed by atoms with E-state index in [0.29, 0.717) is 49.0 Å². The lowest BCUT2D eigenvalue weighted by Gasteiger charge is -2.23.